The van der Waals surface area contributed by atoms with Gasteiger partial charge in [-0.2, -0.15) is 0 Å². The quantitative estimate of drug-likeness (QED) is 0.190. The molecule has 0 bridgehead atoms. The maximum Gasteiger partial charge on any atom is 0.466 e. The summed E-state index contributed by atoms with van der Waals surface area (Å²) in [5, 5.41) is 3.29. The second-order valence-electron chi connectivity index (χ2n) is 2.90. The average molecular weight is 351 g/mol. The minimum Gasteiger partial charge on any atom is -0.412 e. The summed E-state index contributed by atoms with van der Waals surface area (Å²) in [5.41, 5.74) is 10.6. The zero-order valence-electron chi connectivity index (χ0n) is 11.8. The summed E-state index contributed by atoms with van der Waals surface area (Å²) in [5.74, 6) is 0. The number of unbranched alkanes of at least 4 members (excludes halogenated alkanes) is 1. The summed E-state index contributed by atoms with van der Waals surface area (Å²) in [7, 11) is -4.64. The van der Waals surface area contributed by atoms with Crippen molar-refractivity contribution in [2.24, 2.45) is 11.5 Å². The second kappa shape index (κ2) is 36.7. The molecule has 0 fully saturated rings. The Bertz CT molecular complexity index is 156. The highest BCUT2D eigenvalue weighted by Gasteiger charge is 2.00. The van der Waals surface area contributed by atoms with Gasteiger partial charge in [-0.05, 0) is 45.4 Å². The van der Waals surface area contributed by atoms with Gasteiger partial charge in [0.05, 0.1) is 0 Å². The highest BCUT2D eigenvalue weighted by atomic mass is 31.2. The van der Waals surface area contributed by atoms with E-state index in [0.717, 1.165) is 39.0 Å². The first-order chi connectivity index (χ1) is 6.91. The molecule has 0 rings (SSSR count). The van der Waals surface area contributed by atoms with E-state index in [1.165, 1.54) is 6.42 Å². The van der Waals surface area contributed by atoms with Crippen LogP contribution >= 0.6 is 7.82 Å². The lowest BCUT2D eigenvalue weighted by Crippen LogP contribution is -2.19. The minimum absolute atomic E-state index is 0. The van der Waals surface area contributed by atoms with Gasteiger partial charge in [-0.25, -0.2) is 4.57 Å². The van der Waals surface area contributed by atoms with Crippen molar-refractivity contribution in [3.8, 4) is 0 Å². The lowest BCUT2D eigenvalue weighted by atomic mass is 10.3. The van der Waals surface area contributed by atoms with Gasteiger partial charge in [0, 0.05) is 0 Å². The van der Waals surface area contributed by atoms with Crippen molar-refractivity contribution in [1.29, 1.82) is 0 Å². The van der Waals surface area contributed by atoms with E-state index in [4.69, 9.17) is 30.7 Å². The van der Waals surface area contributed by atoms with Crippen molar-refractivity contribution in [3.05, 3.63) is 0 Å². The van der Waals surface area contributed by atoms with Crippen LogP contribution in [0, 0.1) is 0 Å². The van der Waals surface area contributed by atoms with Crippen LogP contribution in [0.25, 0.3) is 0 Å². The Morgan fingerprint density at radius 3 is 1.29 bits per heavy atom. The van der Waals surface area contributed by atoms with Gasteiger partial charge < -0.3 is 64.3 Å². The van der Waals surface area contributed by atoms with Crippen molar-refractivity contribution in [3.63, 3.8) is 0 Å². The molecule has 21 heavy (non-hydrogen) atoms. The molecular formula is C7H34N3O10P. The molecule has 0 radical (unpaired) electrons. The third-order valence-corrected chi connectivity index (χ3v) is 1.37. The van der Waals surface area contributed by atoms with Gasteiger partial charge in [0.1, 0.15) is 0 Å². The van der Waals surface area contributed by atoms with Crippen LogP contribution in [0.2, 0.25) is 0 Å². The molecule has 0 spiro atoms. The third-order valence-electron chi connectivity index (χ3n) is 1.37. The number of nitrogens with one attached hydrogen (secondary N) is 1. The molecule has 0 aromatic carbocycles. The lowest BCUT2D eigenvalue weighted by molar-refractivity contribution is 0.275. The largest absolute Gasteiger partial charge is 0.466 e. The number of rotatable bonds is 7. The van der Waals surface area contributed by atoms with Crippen LogP contribution in [0.1, 0.15) is 19.3 Å². The van der Waals surface area contributed by atoms with Gasteiger partial charge in [0.15, 0.2) is 0 Å². The van der Waals surface area contributed by atoms with Crippen LogP contribution in [0.4, 0.5) is 0 Å². The van der Waals surface area contributed by atoms with Crippen molar-refractivity contribution in [1.82, 2.24) is 5.32 Å². The van der Waals surface area contributed by atoms with E-state index in [2.05, 4.69) is 5.32 Å². The first-order valence-corrected chi connectivity index (χ1v) is 6.37. The Morgan fingerprint density at radius 2 is 1.00 bits per heavy atom. The first-order valence-electron chi connectivity index (χ1n) is 4.81. The van der Waals surface area contributed by atoms with Crippen LogP contribution in [-0.4, -0.2) is 73.7 Å². The van der Waals surface area contributed by atoms with Gasteiger partial charge >= 0.3 is 7.82 Å². The van der Waals surface area contributed by atoms with E-state index in [9.17, 15) is 0 Å². The standard InChI is InChI=1S/C7H19N3.H3O4P.6H2O/c8-4-1-2-6-10-7-3-5-9;1-5(2,3)4;;;;;;/h10H,1-9H2;(H3,1,2,3,4);6*1H2. The van der Waals surface area contributed by atoms with Gasteiger partial charge in [0.2, 0.25) is 0 Å². The van der Waals surface area contributed by atoms with Gasteiger partial charge in [0.25, 0.3) is 0 Å². The molecule has 0 aliphatic rings. The van der Waals surface area contributed by atoms with E-state index < -0.39 is 7.82 Å². The molecule has 0 heterocycles. The summed E-state index contributed by atoms with van der Waals surface area (Å²) in [6, 6.07) is 0. The normalized spacial score (nSPS) is 7.67. The monoisotopic (exact) mass is 351 g/mol. The van der Waals surface area contributed by atoms with Crippen molar-refractivity contribution < 1.29 is 52.1 Å². The molecule has 0 aliphatic heterocycles. The van der Waals surface area contributed by atoms with Crippen molar-refractivity contribution in [2.45, 2.75) is 19.3 Å². The molecule has 20 N–H and O–H groups in total. The van der Waals surface area contributed by atoms with E-state index in [1.54, 1.807) is 0 Å². The highest BCUT2D eigenvalue weighted by Crippen LogP contribution is 2.25. The zero-order chi connectivity index (χ0) is 12.2. The molecule has 13 nitrogen and oxygen atoms in total. The Hall–Kier alpha value is -0.250. The Balaban J connectivity index is -0.0000000231. The predicted molar refractivity (Wildman–Crippen MR) is 80.8 cm³/mol. The fraction of sp³-hybridized carbons (Fsp3) is 1.00. The van der Waals surface area contributed by atoms with Gasteiger partial charge in [-0.15, -0.1) is 0 Å². The fourth-order valence-electron chi connectivity index (χ4n) is 0.746. The number of nitrogens with two attached hydrogens (primary N) is 2. The topological polar surface area (TPSA) is 331 Å². The fourth-order valence-corrected chi connectivity index (χ4v) is 0.746. The summed E-state index contributed by atoms with van der Waals surface area (Å²) in [6.07, 6.45) is 3.37. The molecule has 0 aliphatic carbocycles. The molecule has 0 amide bonds. The van der Waals surface area contributed by atoms with E-state index in [1.807, 2.05) is 0 Å². The summed E-state index contributed by atoms with van der Waals surface area (Å²) < 4.78 is 8.88. The predicted octanol–water partition coefficient (Wildman–Crippen LogP) is -6.21. The van der Waals surface area contributed by atoms with E-state index >= 15 is 0 Å². The van der Waals surface area contributed by atoms with Crippen LogP contribution in [0.15, 0.2) is 0 Å². The summed E-state index contributed by atoms with van der Waals surface area (Å²) in [6.45, 7) is 3.71. The Kier molecular flexibility index (Phi) is 87.1. The molecule has 0 aromatic heterocycles. The first kappa shape index (κ1) is 49.8. The molecule has 14 heteroatoms. The zero-order valence-corrected chi connectivity index (χ0v) is 12.7. The van der Waals surface area contributed by atoms with E-state index in [-0.39, 0.29) is 32.9 Å². The van der Waals surface area contributed by atoms with Gasteiger partial charge in [-0.3, -0.25) is 0 Å². The number of phosphoric acid groups is 1. The number of hydrogen-bond acceptors (Lipinski definition) is 4. The Morgan fingerprint density at radius 1 is 0.714 bits per heavy atom. The second-order valence-corrected chi connectivity index (χ2v) is 3.93. The SMILES string of the molecule is NCCCCNCCCN.O.O.O.O.O.O.O=P(O)(O)O. The lowest BCUT2D eigenvalue weighted by Gasteiger charge is -2.01. The minimum atomic E-state index is -4.64. The molecule has 0 aromatic rings. The van der Waals surface area contributed by atoms with Gasteiger partial charge in [-0.1, -0.05) is 0 Å². The third kappa shape index (κ3) is 137. The van der Waals surface area contributed by atoms with Crippen LogP contribution in [-0.2, 0) is 4.57 Å². The number of hydrogen-bond donors (Lipinski definition) is 6. The molecule has 0 atom stereocenters. The summed E-state index contributed by atoms with van der Waals surface area (Å²) in [4.78, 5) is 21.6. The molecule has 0 saturated carbocycles. The smallest absolute Gasteiger partial charge is 0.412 e. The molecule has 142 valence electrons. The molecular weight excluding hydrogens is 317 g/mol. The maximum atomic E-state index is 8.88. The van der Waals surface area contributed by atoms with Crippen LogP contribution < -0.4 is 16.8 Å². The van der Waals surface area contributed by atoms with Crippen molar-refractivity contribution in [2.75, 3.05) is 26.2 Å². The van der Waals surface area contributed by atoms with Crippen LogP contribution in [0.3, 0.4) is 0 Å². The van der Waals surface area contributed by atoms with E-state index in [0.29, 0.717) is 0 Å². The van der Waals surface area contributed by atoms with Crippen LogP contribution in [0.5, 0.6) is 0 Å². The van der Waals surface area contributed by atoms with Crippen molar-refractivity contribution >= 4 is 7.82 Å². The summed E-state index contributed by atoms with van der Waals surface area (Å²) >= 11 is 0. The molecule has 0 saturated heterocycles. The highest BCUT2D eigenvalue weighted by molar-refractivity contribution is 7.45. The maximum absolute atomic E-state index is 8.88. The Labute approximate surface area is 123 Å². The average Bonchev–Trinajstić information content (AvgIpc) is 2.08. The molecule has 0 unspecified atom stereocenters.